The van der Waals surface area contributed by atoms with E-state index in [2.05, 4.69) is 40.2 Å². The molecule has 1 unspecified atom stereocenters. The third-order valence-electron chi connectivity index (χ3n) is 4.24. The second kappa shape index (κ2) is 5.90. The zero-order valence-corrected chi connectivity index (χ0v) is 12.2. The number of fused-ring (bicyclic) bond motifs is 1. The van der Waals surface area contributed by atoms with Crippen molar-refractivity contribution < 1.29 is 0 Å². The number of nitrogens with two attached hydrogens (primary N) is 1. The molecular weight excluding hydrogens is 246 g/mol. The summed E-state index contributed by atoms with van der Waals surface area (Å²) in [7, 11) is 0. The molecule has 0 spiro atoms. The number of aromatic nitrogens is 1. The molecule has 0 saturated carbocycles. The van der Waals surface area contributed by atoms with Crippen LogP contribution in [0.5, 0.6) is 0 Å². The van der Waals surface area contributed by atoms with Crippen LogP contribution in [0, 0.1) is 12.8 Å². The fourth-order valence-corrected chi connectivity index (χ4v) is 3.12. The summed E-state index contributed by atoms with van der Waals surface area (Å²) >= 11 is 0. The number of rotatable bonds is 3. The number of hydrogen-bond acceptors (Lipinski definition) is 3. The minimum atomic E-state index is 0.675. The summed E-state index contributed by atoms with van der Waals surface area (Å²) in [6.07, 6.45) is 2.56. The minimum Gasteiger partial charge on any atom is -0.330 e. The molecule has 3 rings (SSSR count). The predicted molar refractivity (Wildman–Crippen MR) is 83.5 cm³/mol. The first-order valence-electron chi connectivity index (χ1n) is 7.53. The maximum atomic E-state index is 5.81. The third-order valence-corrected chi connectivity index (χ3v) is 4.24. The van der Waals surface area contributed by atoms with Crippen LogP contribution in [-0.2, 0) is 6.54 Å². The highest BCUT2D eigenvalue weighted by Crippen LogP contribution is 2.20. The highest BCUT2D eigenvalue weighted by molar-refractivity contribution is 5.79. The van der Waals surface area contributed by atoms with E-state index in [4.69, 9.17) is 5.73 Å². The highest BCUT2D eigenvalue weighted by atomic mass is 15.1. The summed E-state index contributed by atoms with van der Waals surface area (Å²) in [6, 6.07) is 10.9. The Morgan fingerprint density at radius 3 is 3.05 bits per heavy atom. The summed E-state index contributed by atoms with van der Waals surface area (Å²) in [5.74, 6) is 0.675. The van der Waals surface area contributed by atoms with Crippen LogP contribution in [0.3, 0.4) is 0 Å². The van der Waals surface area contributed by atoms with Crippen molar-refractivity contribution in [2.24, 2.45) is 11.7 Å². The Morgan fingerprint density at radius 1 is 1.30 bits per heavy atom. The van der Waals surface area contributed by atoms with Crippen LogP contribution in [0.2, 0.25) is 0 Å². The van der Waals surface area contributed by atoms with Crippen LogP contribution >= 0.6 is 0 Å². The van der Waals surface area contributed by atoms with Gasteiger partial charge in [-0.25, -0.2) is 0 Å². The van der Waals surface area contributed by atoms with Gasteiger partial charge in [-0.15, -0.1) is 0 Å². The molecule has 1 aromatic carbocycles. The standard InChI is InChI=1S/C17H23N3/c1-13-4-6-16-9-14(5-7-17(16)19-13)11-20-8-2-3-15(10-18)12-20/h4-7,9,15H,2-3,8,10-12,18H2,1H3. The lowest BCUT2D eigenvalue weighted by Crippen LogP contribution is -2.37. The van der Waals surface area contributed by atoms with Crippen LogP contribution in [0.1, 0.15) is 24.1 Å². The van der Waals surface area contributed by atoms with Gasteiger partial charge in [0.05, 0.1) is 5.52 Å². The SMILES string of the molecule is Cc1ccc2cc(CN3CCCC(CN)C3)ccc2n1. The van der Waals surface area contributed by atoms with Crippen molar-refractivity contribution in [2.75, 3.05) is 19.6 Å². The molecule has 2 N–H and O–H groups in total. The largest absolute Gasteiger partial charge is 0.330 e. The second-order valence-corrected chi connectivity index (χ2v) is 5.96. The van der Waals surface area contributed by atoms with Gasteiger partial charge in [0.2, 0.25) is 0 Å². The Kier molecular flexibility index (Phi) is 3.99. The fourth-order valence-electron chi connectivity index (χ4n) is 3.12. The molecule has 20 heavy (non-hydrogen) atoms. The summed E-state index contributed by atoms with van der Waals surface area (Å²) < 4.78 is 0. The van der Waals surface area contributed by atoms with E-state index in [-0.39, 0.29) is 0 Å². The molecular formula is C17H23N3. The molecule has 0 radical (unpaired) electrons. The van der Waals surface area contributed by atoms with Gasteiger partial charge in [-0.05, 0) is 62.5 Å². The van der Waals surface area contributed by atoms with Crippen LogP contribution in [0.15, 0.2) is 30.3 Å². The molecule has 0 amide bonds. The number of likely N-dealkylation sites (tertiary alicyclic amines) is 1. The lowest BCUT2D eigenvalue weighted by Gasteiger charge is -2.32. The molecule has 1 atom stereocenters. The zero-order valence-electron chi connectivity index (χ0n) is 12.2. The predicted octanol–water partition coefficient (Wildman–Crippen LogP) is 2.71. The summed E-state index contributed by atoms with van der Waals surface area (Å²) in [4.78, 5) is 7.09. The van der Waals surface area contributed by atoms with Crippen molar-refractivity contribution in [1.82, 2.24) is 9.88 Å². The maximum absolute atomic E-state index is 5.81. The molecule has 2 aromatic rings. The molecule has 0 aliphatic carbocycles. The molecule has 0 bridgehead atoms. The Bertz CT molecular complexity index is 594. The first-order valence-corrected chi connectivity index (χ1v) is 7.53. The van der Waals surface area contributed by atoms with Gasteiger partial charge < -0.3 is 5.73 Å². The summed E-state index contributed by atoms with van der Waals surface area (Å²) in [5.41, 5.74) is 9.35. The van der Waals surface area contributed by atoms with Crippen LogP contribution in [0.25, 0.3) is 10.9 Å². The Labute approximate surface area is 120 Å². The van der Waals surface area contributed by atoms with Crippen molar-refractivity contribution in [2.45, 2.75) is 26.3 Å². The van der Waals surface area contributed by atoms with E-state index >= 15 is 0 Å². The van der Waals surface area contributed by atoms with E-state index in [1.54, 1.807) is 0 Å². The van der Waals surface area contributed by atoms with E-state index in [1.165, 1.54) is 30.3 Å². The molecule has 1 aliphatic heterocycles. The second-order valence-electron chi connectivity index (χ2n) is 5.96. The first-order chi connectivity index (χ1) is 9.74. The van der Waals surface area contributed by atoms with Gasteiger partial charge in [0.25, 0.3) is 0 Å². The van der Waals surface area contributed by atoms with Gasteiger partial charge in [0.15, 0.2) is 0 Å². The summed E-state index contributed by atoms with van der Waals surface area (Å²) in [5, 5.41) is 1.24. The van der Waals surface area contributed by atoms with Crippen LogP contribution in [-0.4, -0.2) is 29.5 Å². The van der Waals surface area contributed by atoms with Crippen molar-refractivity contribution >= 4 is 10.9 Å². The van der Waals surface area contributed by atoms with Crippen LogP contribution in [0.4, 0.5) is 0 Å². The third kappa shape index (κ3) is 3.00. The van der Waals surface area contributed by atoms with Crippen molar-refractivity contribution in [3.8, 4) is 0 Å². The van der Waals surface area contributed by atoms with Gasteiger partial charge in [-0.3, -0.25) is 9.88 Å². The average Bonchev–Trinajstić information content (AvgIpc) is 2.47. The normalized spacial score (nSPS) is 20.4. The van der Waals surface area contributed by atoms with E-state index < -0.39 is 0 Å². The van der Waals surface area contributed by atoms with Gasteiger partial charge in [-0.2, -0.15) is 0 Å². The van der Waals surface area contributed by atoms with Crippen molar-refractivity contribution in [3.05, 3.63) is 41.6 Å². The number of nitrogens with zero attached hydrogens (tertiary/aromatic N) is 2. The maximum Gasteiger partial charge on any atom is 0.0705 e. The Balaban J connectivity index is 1.75. The molecule has 2 heterocycles. The number of hydrogen-bond donors (Lipinski definition) is 1. The monoisotopic (exact) mass is 269 g/mol. The molecule has 3 nitrogen and oxygen atoms in total. The molecule has 1 saturated heterocycles. The zero-order chi connectivity index (χ0) is 13.9. The topological polar surface area (TPSA) is 42.1 Å². The van der Waals surface area contributed by atoms with Crippen molar-refractivity contribution in [3.63, 3.8) is 0 Å². The highest BCUT2D eigenvalue weighted by Gasteiger charge is 2.18. The van der Waals surface area contributed by atoms with E-state index in [0.29, 0.717) is 5.92 Å². The van der Waals surface area contributed by atoms with E-state index in [0.717, 1.165) is 30.8 Å². The average molecular weight is 269 g/mol. The van der Waals surface area contributed by atoms with E-state index in [1.807, 2.05) is 6.92 Å². The fraction of sp³-hybridized carbons (Fsp3) is 0.471. The van der Waals surface area contributed by atoms with Gasteiger partial charge >= 0.3 is 0 Å². The number of piperidine rings is 1. The lowest BCUT2D eigenvalue weighted by atomic mass is 9.98. The molecule has 1 aromatic heterocycles. The summed E-state index contributed by atoms with van der Waals surface area (Å²) in [6.45, 7) is 6.22. The Morgan fingerprint density at radius 2 is 2.20 bits per heavy atom. The molecule has 3 heteroatoms. The molecule has 1 fully saturated rings. The van der Waals surface area contributed by atoms with E-state index in [9.17, 15) is 0 Å². The minimum absolute atomic E-state index is 0.675. The quantitative estimate of drug-likeness (QED) is 0.931. The van der Waals surface area contributed by atoms with Crippen molar-refractivity contribution in [1.29, 1.82) is 0 Å². The number of aryl methyl sites for hydroxylation is 1. The van der Waals surface area contributed by atoms with Crippen LogP contribution < -0.4 is 5.73 Å². The number of benzene rings is 1. The number of pyridine rings is 1. The smallest absolute Gasteiger partial charge is 0.0705 e. The molecule has 1 aliphatic rings. The van der Waals surface area contributed by atoms with Gasteiger partial charge in [-0.1, -0.05) is 12.1 Å². The van der Waals surface area contributed by atoms with Gasteiger partial charge in [0.1, 0.15) is 0 Å². The molecule has 106 valence electrons. The van der Waals surface area contributed by atoms with Gasteiger partial charge in [0, 0.05) is 24.2 Å². The Hall–Kier alpha value is -1.45. The lowest BCUT2D eigenvalue weighted by molar-refractivity contribution is 0.171. The first kappa shape index (κ1) is 13.5.